The van der Waals surface area contributed by atoms with Gasteiger partial charge in [0.1, 0.15) is 5.76 Å². The van der Waals surface area contributed by atoms with Crippen LogP contribution in [0.15, 0.2) is 22.8 Å². The second-order valence-corrected chi connectivity index (χ2v) is 5.90. The van der Waals surface area contributed by atoms with Gasteiger partial charge in [0.05, 0.1) is 18.8 Å². The van der Waals surface area contributed by atoms with Gasteiger partial charge >= 0.3 is 0 Å². The van der Waals surface area contributed by atoms with Crippen molar-refractivity contribution in [3.05, 3.63) is 24.2 Å². The number of furan rings is 1. The molecule has 3 heterocycles. The molecule has 5 nitrogen and oxygen atoms in total. The number of likely N-dealkylation sites (tertiary alicyclic amines) is 1. The van der Waals surface area contributed by atoms with Crippen LogP contribution in [-0.2, 0) is 4.79 Å². The van der Waals surface area contributed by atoms with Crippen LogP contribution < -0.4 is 10.6 Å². The molecular weight excluding hydrogens is 254 g/mol. The standard InChI is InChI=1S/C15H23N3O2/c1-11(14-5-3-7-20-14)17-15(19)10-18-6-2-4-12-8-16-9-13(12)18/h3,5,7,11-13,16H,2,4,6,8-10H2,1H3,(H,17,19). The van der Waals surface area contributed by atoms with Gasteiger partial charge in [-0.25, -0.2) is 0 Å². The third-order valence-corrected chi connectivity index (χ3v) is 4.49. The molecule has 2 fully saturated rings. The van der Waals surface area contributed by atoms with Gasteiger partial charge in [0.25, 0.3) is 0 Å². The summed E-state index contributed by atoms with van der Waals surface area (Å²) in [5.41, 5.74) is 0. The van der Waals surface area contributed by atoms with E-state index in [1.54, 1.807) is 6.26 Å². The number of carbonyl (C=O) groups excluding carboxylic acids is 1. The maximum atomic E-state index is 12.2. The first kappa shape index (κ1) is 13.6. The number of nitrogens with zero attached hydrogens (tertiary/aromatic N) is 1. The topological polar surface area (TPSA) is 57.5 Å². The molecular formula is C15H23N3O2. The maximum Gasteiger partial charge on any atom is 0.234 e. The van der Waals surface area contributed by atoms with E-state index in [9.17, 15) is 4.79 Å². The fourth-order valence-corrected chi connectivity index (χ4v) is 3.44. The van der Waals surface area contributed by atoms with Gasteiger partial charge < -0.3 is 15.1 Å². The molecule has 0 aromatic carbocycles. The fourth-order valence-electron chi connectivity index (χ4n) is 3.44. The normalized spacial score (nSPS) is 28.1. The summed E-state index contributed by atoms with van der Waals surface area (Å²) in [5.74, 6) is 1.61. The van der Waals surface area contributed by atoms with Gasteiger partial charge in [-0.3, -0.25) is 9.69 Å². The van der Waals surface area contributed by atoms with Gasteiger partial charge in [0.2, 0.25) is 5.91 Å². The van der Waals surface area contributed by atoms with Crippen molar-refractivity contribution < 1.29 is 9.21 Å². The summed E-state index contributed by atoms with van der Waals surface area (Å²) in [5, 5.41) is 6.46. The Morgan fingerprint density at radius 3 is 3.30 bits per heavy atom. The lowest BCUT2D eigenvalue weighted by atomic mass is 9.92. The van der Waals surface area contributed by atoms with Crippen molar-refractivity contribution >= 4 is 5.91 Å². The van der Waals surface area contributed by atoms with Gasteiger partial charge in [-0.2, -0.15) is 0 Å². The molecule has 0 bridgehead atoms. The minimum Gasteiger partial charge on any atom is -0.467 e. The van der Waals surface area contributed by atoms with Crippen molar-refractivity contribution in [3.63, 3.8) is 0 Å². The zero-order valence-corrected chi connectivity index (χ0v) is 12.0. The van der Waals surface area contributed by atoms with E-state index in [2.05, 4.69) is 15.5 Å². The summed E-state index contributed by atoms with van der Waals surface area (Å²) in [4.78, 5) is 14.5. The molecule has 20 heavy (non-hydrogen) atoms. The average Bonchev–Trinajstić information content (AvgIpc) is 3.10. The highest BCUT2D eigenvalue weighted by Gasteiger charge is 2.35. The van der Waals surface area contributed by atoms with Crippen molar-refractivity contribution in [1.82, 2.24) is 15.5 Å². The third-order valence-electron chi connectivity index (χ3n) is 4.49. The first-order chi connectivity index (χ1) is 9.74. The van der Waals surface area contributed by atoms with Crippen LogP contribution in [0.2, 0.25) is 0 Å². The molecule has 2 aliphatic rings. The predicted molar refractivity (Wildman–Crippen MR) is 76.2 cm³/mol. The van der Waals surface area contributed by atoms with Crippen LogP contribution in [0.25, 0.3) is 0 Å². The fraction of sp³-hybridized carbons (Fsp3) is 0.667. The number of fused-ring (bicyclic) bond motifs is 1. The van der Waals surface area contributed by atoms with E-state index in [1.165, 1.54) is 12.8 Å². The highest BCUT2D eigenvalue weighted by atomic mass is 16.3. The van der Waals surface area contributed by atoms with E-state index in [1.807, 2.05) is 19.1 Å². The number of rotatable bonds is 4. The number of nitrogens with one attached hydrogen (secondary N) is 2. The monoisotopic (exact) mass is 277 g/mol. The minimum absolute atomic E-state index is 0.0696. The molecule has 0 aliphatic carbocycles. The summed E-state index contributed by atoms with van der Waals surface area (Å²) in [7, 11) is 0. The predicted octanol–water partition coefficient (Wildman–Crippen LogP) is 1.14. The quantitative estimate of drug-likeness (QED) is 0.866. The molecule has 1 aromatic heterocycles. The van der Waals surface area contributed by atoms with Crippen LogP contribution in [0, 0.1) is 5.92 Å². The molecule has 0 spiro atoms. The molecule has 1 aromatic rings. The Morgan fingerprint density at radius 2 is 2.50 bits per heavy atom. The lowest BCUT2D eigenvalue weighted by molar-refractivity contribution is -0.124. The van der Waals surface area contributed by atoms with Gasteiger partial charge in [-0.05, 0) is 50.9 Å². The molecule has 2 aliphatic heterocycles. The van der Waals surface area contributed by atoms with Crippen LogP contribution in [0.1, 0.15) is 31.6 Å². The lowest BCUT2D eigenvalue weighted by Crippen LogP contribution is -2.49. The minimum atomic E-state index is -0.0696. The lowest BCUT2D eigenvalue weighted by Gasteiger charge is -2.36. The highest BCUT2D eigenvalue weighted by Crippen LogP contribution is 2.26. The Bertz CT molecular complexity index is 446. The van der Waals surface area contributed by atoms with Crippen molar-refractivity contribution in [2.24, 2.45) is 5.92 Å². The van der Waals surface area contributed by atoms with Crippen molar-refractivity contribution in [2.45, 2.75) is 31.8 Å². The Balaban J connectivity index is 1.53. The highest BCUT2D eigenvalue weighted by molar-refractivity contribution is 5.78. The summed E-state index contributed by atoms with van der Waals surface area (Å²) < 4.78 is 5.32. The Morgan fingerprint density at radius 1 is 1.60 bits per heavy atom. The van der Waals surface area contributed by atoms with Crippen molar-refractivity contribution in [1.29, 1.82) is 0 Å². The number of piperidine rings is 1. The Kier molecular flexibility index (Phi) is 4.08. The summed E-state index contributed by atoms with van der Waals surface area (Å²) in [6.45, 7) is 5.60. The molecule has 0 saturated carbocycles. The zero-order chi connectivity index (χ0) is 13.9. The van der Waals surface area contributed by atoms with Gasteiger partial charge in [0.15, 0.2) is 0 Å². The summed E-state index contributed by atoms with van der Waals surface area (Å²) >= 11 is 0. The molecule has 2 N–H and O–H groups in total. The van der Waals surface area contributed by atoms with Gasteiger partial charge in [0, 0.05) is 12.6 Å². The summed E-state index contributed by atoms with van der Waals surface area (Å²) in [6.07, 6.45) is 4.12. The smallest absolute Gasteiger partial charge is 0.234 e. The van der Waals surface area contributed by atoms with E-state index in [-0.39, 0.29) is 11.9 Å². The van der Waals surface area contributed by atoms with Crippen LogP contribution in [0.4, 0.5) is 0 Å². The Labute approximate surface area is 119 Å². The van der Waals surface area contributed by atoms with Crippen molar-refractivity contribution in [2.75, 3.05) is 26.2 Å². The molecule has 5 heteroatoms. The maximum absolute atomic E-state index is 12.2. The van der Waals surface area contributed by atoms with E-state index >= 15 is 0 Å². The SMILES string of the molecule is CC(NC(=O)CN1CCCC2CNCC21)c1ccco1. The average molecular weight is 277 g/mol. The largest absolute Gasteiger partial charge is 0.467 e. The molecule has 3 unspecified atom stereocenters. The molecule has 110 valence electrons. The zero-order valence-electron chi connectivity index (χ0n) is 12.0. The third kappa shape index (κ3) is 2.88. The number of amides is 1. The summed E-state index contributed by atoms with van der Waals surface area (Å²) in [6, 6.07) is 4.20. The van der Waals surface area contributed by atoms with E-state index in [4.69, 9.17) is 4.42 Å². The van der Waals surface area contributed by atoms with Crippen LogP contribution in [-0.4, -0.2) is 43.0 Å². The van der Waals surface area contributed by atoms with E-state index in [0.717, 1.165) is 31.3 Å². The van der Waals surface area contributed by atoms with Crippen LogP contribution >= 0.6 is 0 Å². The molecule has 1 amide bonds. The van der Waals surface area contributed by atoms with Gasteiger partial charge in [-0.15, -0.1) is 0 Å². The molecule has 3 rings (SSSR count). The van der Waals surface area contributed by atoms with Crippen molar-refractivity contribution in [3.8, 4) is 0 Å². The number of hydrogen-bond acceptors (Lipinski definition) is 4. The first-order valence-corrected chi connectivity index (χ1v) is 7.51. The second kappa shape index (κ2) is 5.97. The Hall–Kier alpha value is -1.33. The van der Waals surface area contributed by atoms with Crippen LogP contribution in [0.5, 0.6) is 0 Å². The van der Waals surface area contributed by atoms with Gasteiger partial charge in [-0.1, -0.05) is 0 Å². The molecule has 2 saturated heterocycles. The number of carbonyl (C=O) groups is 1. The second-order valence-electron chi connectivity index (χ2n) is 5.90. The van der Waals surface area contributed by atoms with Crippen LogP contribution in [0.3, 0.4) is 0 Å². The first-order valence-electron chi connectivity index (χ1n) is 7.51. The van der Waals surface area contributed by atoms with E-state index < -0.39 is 0 Å². The van der Waals surface area contributed by atoms with E-state index in [0.29, 0.717) is 12.6 Å². The molecule has 0 radical (unpaired) electrons. The number of hydrogen-bond donors (Lipinski definition) is 2. The molecule has 3 atom stereocenters.